The number of Topliss-reactive ketones (excluding diaryl/α,β-unsaturated/α-hetero) is 2. The van der Waals surface area contributed by atoms with Crippen molar-refractivity contribution in [3.63, 3.8) is 0 Å². The van der Waals surface area contributed by atoms with Crippen LogP contribution in [0.1, 0.15) is 22.8 Å². The molecule has 0 saturated carbocycles. The number of carbonyl (C=O) groups is 4. The fourth-order valence-electron chi connectivity index (χ4n) is 2.98. The molecule has 0 bridgehead atoms. The van der Waals surface area contributed by atoms with E-state index in [-0.39, 0.29) is 11.3 Å². The van der Waals surface area contributed by atoms with Crippen LogP contribution in [0.25, 0.3) is 0 Å². The van der Waals surface area contributed by atoms with Gasteiger partial charge in [0.15, 0.2) is 11.5 Å². The van der Waals surface area contributed by atoms with Gasteiger partial charge < -0.3 is 9.47 Å². The summed E-state index contributed by atoms with van der Waals surface area (Å²) >= 11 is 0. The first-order valence-electron chi connectivity index (χ1n) is 8.94. The Hall–Kier alpha value is -3.74. The Balaban J connectivity index is 2.11. The topological polar surface area (TPSA) is 90.0 Å². The van der Waals surface area contributed by atoms with E-state index in [0.717, 1.165) is 17.6 Å². The van der Waals surface area contributed by atoms with Crippen LogP contribution in [0.15, 0.2) is 59.8 Å². The molecule has 1 aliphatic rings. The highest BCUT2D eigenvalue weighted by Gasteiger charge is 2.46. The highest BCUT2D eigenvalue weighted by Crippen LogP contribution is 2.31. The molecule has 0 unspecified atom stereocenters. The minimum absolute atomic E-state index is 0.150. The Morgan fingerprint density at radius 1 is 0.966 bits per heavy atom. The minimum atomic E-state index is -1.05. The van der Waals surface area contributed by atoms with E-state index in [0.29, 0.717) is 18.0 Å². The van der Waals surface area contributed by atoms with Crippen molar-refractivity contribution in [1.29, 1.82) is 0 Å². The molecule has 2 aromatic carbocycles. The number of methoxy groups -OCH3 is 1. The van der Waals surface area contributed by atoms with Gasteiger partial charge in [0, 0.05) is 11.3 Å². The number of benzene rings is 2. The lowest BCUT2D eigenvalue weighted by molar-refractivity contribution is -0.136. The van der Waals surface area contributed by atoms with E-state index < -0.39 is 29.0 Å². The predicted molar refractivity (Wildman–Crippen MR) is 105 cm³/mol. The Morgan fingerprint density at radius 2 is 1.59 bits per heavy atom. The van der Waals surface area contributed by atoms with Crippen molar-refractivity contribution in [3.8, 4) is 5.75 Å². The van der Waals surface area contributed by atoms with E-state index in [1.165, 1.54) is 12.1 Å². The maximum atomic E-state index is 13.0. The zero-order chi connectivity index (χ0) is 21.1. The van der Waals surface area contributed by atoms with Crippen LogP contribution in [0, 0.1) is 6.92 Å². The number of carbonyl (C=O) groups excluding carboxylic acids is 4. The highest BCUT2D eigenvalue weighted by atomic mass is 16.5. The molecule has 3 rings (SSSR count). The standard InChI is InChI=1S/C22H19NO6/c1-4-29-16-11-7-14(8-12-16)19(24)17-18(22(27)28-3)23(21(26)20(17)25)15-9-5-13(2)6-10-15/h5-12H,4H2,1-3H3. The van der Waals surface area contributed by atoms with Crippen LogP contribution in [0.5, 0.6) is 5.75 Å². The SMILES string of the molecule is CCOc1ccc(C(=O)C2=C(C(=O)OC)N(c3ccc(C)cc3)C(=O)C2=O)cc1. The van der Waals surface area contributed by atoms with Crippen LogP contribution in [-0.2, 0) is 19.1 Å². The number of ketones is 2. The third-order valence-electron chi connectivity index (χ3n) is 4.41. The summed E-state index contributed by atoms with van der Waals surface area (Å²) in [5.74, 6) is -3.16. The predicted octanol–water partition coefficient (Wildman–Crippen LogP) is 2.62. The number of esters is 1. The lowest BCUT2D eigenvalue weighted by atomic mass is 10.00. The molecule has 0 fully saturated rings. The Morgan fingerprint density at radius 3 is 2.14 bits per heavy atom. The summed E-state index contributed by atoms with van der Waals surface area (Å²) in [4.78, 5) is 51.7. The van der Waals surface area contributed by atoms with E-state index in [1.807, 2.05) is 13.8 Å². The summed E-state index contributed by atoms with van der Waals surface area (Å²) in [6, 6.07) is 12.7. The molecule has 1 aliphatic heterocycles. The number of hydrogen-bond donors (Lipinski definition) is 0. The van der Waals surface area contributed by atoms with Crippen LogP contribution >= 0.6 is 0 Å². The van der Waals surface area contributed by atoms with Crippen molar-refractivity contribution >= 4 is 29.1 Å². The molecule has 0 radical (unpaired) electrons. The van der Waals surface area contributed by atoms with Crippen molar-refractivity contribution < 1.29 is 28.7 Å². The van der Waals surface area contributed by atoms with E-state index in [2.05, 4.69) is 0 Å². The van der Waals surface area contributed by atoms with E-state index in [1.54, 1.807) is 36.4 Å². The smallest absolute Gasteiger partial charge is 0.356 e. The normalized spacial score (nSPS) is 13.7. The first-order chi connectivity index (χ1) is 13.9. The molecule has 0 atom stereocenters. The van der Waals surface area contributed by atoms with Crippen molar-refractivity contribution in [3.05, 3.63) is 70.9 Å². The van der Waals surface area contributed by atoms with E-state index in [4.69, 9.17) is 9.47 Å². The average molecular weight is 393 g/mol. The highest BCUT2D eigenvalue weighted by molar-refractivity contribution is 6.59. The second-order valence-electron chi connectivity index (χ2n) is 6.31. The van der Waals surface area contributed by atoms with Crippen LogP contribution in [-0.4, -0.2) is 37.2 Å². The fraction of sp³-hybridized carbons (Fsp3) is 0.182. The summed E-state index contributed by atoms with van der Waals surface area (Å²) in [6.07, 6.45) is 0. The van der Waals surface area contributed by atoms with Gasteiger partial charge in [-0.05, 0) is 50.2 Å². The van der Waals surface area contributed by atoms with Gasteiger partial charge in [0.05, 0.1) is 13.7 Å². The van der Waals surface area contributed by atoms with Crippen molar-refractivity contribution in [2.75, 3.05) is 18.6 Å². The maximum absolute atomic E-state index is 13.0. The zero-order valence-corrected chi connectivity index (χ0v) is 16.2. The number of aryl methyl sites for hydroxylation is 1. The molecule has 29 heavy (non-hydrogen) atoms. The Kier molecular flexibility index (Phi) is 5.59. The van der Waals surface area contributed by atoms with Crippen molar-refractivity contribution in [2.24, 2.45) is 0 Å². The van der Waals surface area contributed by atoms with Gasteiger partial charge in [0.1, 0.15) is 11.3 Å². The third-order valence-corrected chi connectivity index (χ3v) is 4.41. The summed E-state index contributed by atoms with van der Waals surface area (Å²) < 4.78 is 10.1. The summed E-state index contributed by atoms with van der Waals surface area (Å²) in [7, 11) is 1.12. The van der Waals surface area contributed by atoms with Crippen LogP contribution in [0.2, 0.25) is 0 Å². The number of amides is 1. The second-order valence-corrected chi connectivity index (χ2v) is 6.31. The Bertz CT molecular complexity index is 1020. The summed E-state index contributed by atoms with van der Waals surface area (Å²) in [5.41, 5.74) is 0.485. The van der Waals surface area contributed by atoms with Gasteiger partial charge in [-0.3, -0.25) is 19.3 Å². The monoisotopic (exact) mass is 393 g/mol. The molecule has 7 heteroatoms. The summed E-state index contributed by atoms with van der Waals surface area (Å²) in [5, 5.41) is 0. The number of anilines is 1. The first-order valence-corrected chi connectivity index (χ1v) is 8.94. The molecule has 0 aliphatic carbocycles. The molecule has 1 amide bonds. The van der Waals surface area contributed by atoms with Crippen LogP contribution in [0.3, 0.4) is 0 Å². The molecule has 2 aromatic rings. The zero-order valence-electron chi connectivity index (χ0n) is 16.2. The van der Waals surface area contributed by atoms with Gasteiger partial charge in [-0.25, -0.2) is 4.79 Å². The third kappa shape index (κ3) is 3.67. The lowest BCUT2D eigenvalue weighted by Gasteiger charge is -2.18. The van der Waals surface area contributed by atoms with Crippen LogP contribution in [0.4, 0.5) is 5.69 Å². The number of hydrogen-bond acceptors (Lipinski definition) is 6. The van der Waals surface area contributed by atoms with E-state index >= 15 is 0 Å². The summed E-state index contributed by atoms with van der Waals surface area (Å²) in [6.45, 7) is 4.15. The molecule has 0 N–H and O–H groups in total. The molecular weight excluding hydrogens is 374 g/mol. The molecular formula is C22H19NO6. The Labute approximate surface area is 167 Å². The van der Waals surface area contributed by atoms with Gasteiger partial charge in [-0.1, -0.05) is 17.7 Å². The second kappa shape index (κ2) is 8.10. The molecule has 0 spiro atoms. The van der Waals surface area contributed by atoms with Crippen molar-refractivity contribution in [2.45, 2.75) is 13.8 Å². The average Bonchev–Trinajstić information content (AvgIpc) is 2.99. The number of rotatable bonds is 6. The maximum Gasteiger partial charge on any atom is 0.356 e. The molecule has 148 valence electrons. The van der Waals surface area contributed by atoms with Gasteiger partial charge in [-0.15, -0.1) is 0 Å². The quantitative estimate of drug-likeness (QED) is 0.324. The molecule has 7 nitrogen and oxygen atoms in total. The van der Waals surface area contributed by atoms with Gasteiger partial charge >= 0.3 is 11.9 Å². The van der Waals surface area contributed by atoms with Crippen molar-refractivity contribution in [1.82, 2.24) is 0 Å². The lowest BCUT2D eigenvalue weighted by Crippen LogP contribution is -2.31. The first kappa shape index (κ1) is 20.0. The minimum Gasteiger partial charge on any atom is -0.494 e. The largest absolute Gasteiger partial charge is 0.494 e. The van der Waals surface area contributed by atoms with Gasteiger partial charge in [0.2, 0.25) is 0 Å². The van der Waals surface area contributed by atoms with E-state index in [9.17, 15) is 19.2 Å². The number of nitrogens with zero attached hydrogens (tertiary/aromatic N) is 1. The molecule has 0 aromatic heterocycles. The van der Waals surface area contributed by atoms with Gasteiger partial charge in [0.25, 0.3) is 5.78 Å². The molecule has 1 heterocycles. The number of ether oxygens (including phenoxy) is 2. The molecule has 0 saturated heterocycles. The van der Waals surface area contributed by atoms with Crippen LogP contribution < -0.4 is 9.64 Å². The fourth-order valence-corrected chi connectivity index (χ4v) is 2.98. The van der Waals surface area contributed by atoms with Gasteiger partial charge in [-0.2, -0.15) is 0 Å².